The van der Waals surface area contributed by atoms with E-state index in [0.29, 0.717) is 0 Å². The molecule has 7 N–H and O–H groups in total. The summed E-state index contributed by atoms with van der Waals surface area (Å²) in [7, 11) is 0. The van der Waals surface area contributed by atoms with Gasteiger partial charge in [-0.15, -0.1) is 0 Å². The Morgan fingerprint density at radius 1 is 1.35 bits per heavy atom. The van der Waals surface area contributed by atoms with Gasteiger partial charge in [-0.25, -0.2) is 0 Å². The molecule has 1 saturated heterocycles. The van der Waals surface area contributed by atoms with Gasteiger partial charge < -0.3 is 35.3 Å². The van der Waals surface area contributed by atoms with E-state index in [0.717, 1.165) is 16.5 Å². The molecule has 9 nitrogen and oxygen atoms in total. The van der Waals surface area contributed by atoms with Crippen LogP contribution in [-0.4, -0.2) is 79.8 Å². The Morgan fingerprint density at radius 3 is 2.81 bits per heavy atom. The van der Waals surface area contributed by atoms with Crippen LogP contribution in [0.25, 0.3) is 10.9 Å². The first-order chi connectivity index (χ1) is 12.3. The van der Waals surface area contributed by atoms with Gasteiger partial charge in [0.1, 0.15) is 24.4 Å². The van der Waals surface area contributed by atoms with E-state index in [2.05, 4.69) is 10.3 Å². The Labute approximate surface area is 148 Å². The molecule has 0 bridgehead atoms. The highest BCUT2D eigenvalue weighted by Crippen LogP contribution is 2.24. The lowest BCUT2D eigenvalue weighted by molar-refractivity contribution is -0.318. The van der Waals surface area contributed by atoms with Crippen LogP contribution < -0.4 is 5.32 Å². The second-order valence-electron chi connectivity index (χ2n) is 6.49. The minimum Gasteiger partial charge on any atom is -0.480 e. The second kappa shape index (κ2) is 7.31. The number of aromatic nitrogens is 1. The zero-order chi connectivity index (χ0) is 18.9. The number of carboxylic acid groups (broad SMARTS) is 1. The van der Waals surface area contributed by atoms with Gasteiger partial charge in [-0.05, 0) is 11.6 Å². The number of aromatic amines is 1. The number of benzene rings is 1. The monoisotopic (exact) mass is 366 g/mol. The van der Waals surface area contributed by atoms with Crippen molar-refractivity contribution in [3.63, 3.8) is 0 Å². The van der Waals surface area contributed by atoms with Crippen molar-refractivity contribution in [2.45, 2.75) is 36.6 Å². The molecular weight excluding hydrogens is 344 g/mol. The molecular formula is C17H22N2O7. The van der Waals surface area contributed by atoms with Crippen LogP contribution in [-0.2, 0) is 16.0 Å². The van der Waals surface area contributed by atoms with Gasteiger partial charge in [-0.1, -0.05) is 18.2 Å². The van der Waals surface area contributed by atoms with E-state index in [1.54, 1.807) is 6.20 Å². The summed E-state index contributed by atoms with van der Waals surface area (Å²) in [6, 6.07) is 6.41. The van der Waals surface area contributed by atoms with Gasteiger partial charge in [0.05, 0.1) is 13.2 Å². The zero-order valence-electron chi connectivity index (χ0n) is 13.9. The molecule has 0 spiro atoms. The Bertz CT molecular complexity index is 779. The van der Waals surface area contributed by atoms with Crippen LogP contribution in [0, 0.1) is 0 Å². The highest BCUT2D eigenvalue weighted by atomic mass is 16.6. The highest BCUT2D eigenvalue weighted by molar-refractivity contribution is 5.84. The number of hydrogen-bond donors (Lipinski definition) is 7. The van der Waals surface area contributed by atoms with Crippen molar-refractivity contribution < 1.29 is 35.1 Å². The summed E-state index contributed by atoms with van der Waals surface area (Å²) >= 11 is 0. The molecule has 1 aliphatic heterocycles. The number of carbonyl (C=O) groups is 1. The molecule has 1 aliphatic rings. The minimum atomic E-state index is -2.20. The fraction of sp³-hybridized carbons (Fsp3) is 0.471. The van der Waals surface area contributed by atoms with Gasteiger partial charge in [0, 0.05) is 23.5 Å². The van der Waals surface area contributed by atoms with Gasteiger partial charge in [0.15, 0.2) is 0 Å². The van der Waals surface area contributed by atoms with Crippen molar-refractivity contribution in [1.82, 2.24) is 10.3 Å². The first-order valence-electron chi connectivity index (χ1n) is 8.23. The van der Waals surface area contributed by atoms with Crippen molar-refractivity contribution >= 4 is 16.9 Å². The number of ether oxygens (including phenoxy) is 1. The molecule has 3 rings (SSSR count). The first-order valence-corrected chi connectivity index (χ1v) is 8.23. The Balaban J connectivity index is 1.70. The van der Waals surface area contributed by atoms with E-state index < -0.39 is 42.7 Å². The van der Waals surface area contributed by atoms with Crippen LogP contribution in [0.1, 0.15) is 5.56 Å². The van der Waals surface area contributed by atoms with Crippen molar-refractivity contribution in [3.05, 3.63) is 36.0 Å². The molecule has 1 fully saturated rings. The number of aliphatic hydroxyl groups is 4. The molecule has 0 amide bonds. The maximum absolute atomic E-state index is 11.6. The summed E-state index contributed by atoms with van der Waals surface area (Å²) in [6.07, 6.45) is -2.83. The Morgan fingerprint density at radius 2 is 2.08 bits per heavy atom. The van der Waals surface area contributed by atoms with E-state index in [9.17, 15) is 30.3 Å². The standard InChI is InChI=1S/C17H22N2O7/c20-13-7-26-17(25,15(22)14(13)21)8-19-12(16(23)24)5-9-6-18-11-4-2-1-3-10(9)11/h1-4,6,12-15,18-22,25H,5,7-8H2,(H,23,24)/t12-,13+,14+,15-,17+/m0/s1. The summed E-state index contributed by atoms with van der Waals surface area (Å²) in [5.41, 5.74) is 1.67. The van der Waals surface area contributed by atoms with E-state index in [4.69, 9.17) is 4.74 Å². The van der Waals surface area contributed by atoms with Gasteiger partial charge in [0.2, 0.25) is 5.79 Å². The molecule has 2 aromatic rings. The largest absolute Gasteiger partial charge is 0.480 e. The summed E-state index contributed by atoms with van der Waals surface area (Å²) in [6.45, 7) is -0.812. The summed E-state index contributed by atoms with van der Waals surface area (Å²) < 4.78 is 5.03. The van der Waals surface area contributed by atoms with Gasteiger partial charge >= 0.3 is 5.97 Å². The Hall–Kier alpha value is -2.01. The molecule has 0 unspecified atom stereocenters. The van der Waals surface area contributed by atoms with E-state index in [1.807, 2.05) is 24.3 Å². The SMILES string of the molecule is O=C(O)[C@H](Cc1c[nH]c2ccccc12)NC[C@@]1(O)OC[C@@H](O)[C@@H](O)[C@@H]1O. The van der Waals surface area contributed by atoms with Crippen LogP contribution in [0.5, 0.6) is 0 Å². The number of para-hydroxylation sites is 1. The van der Waals surface area contributed by atoms with Crippen molar-refractivity contribution in [1.29, 1.82) is 0 Å². The smallest absolute Gasteiger partial charge is 0.321 e. The van der Waals surface area contributed by atoms with Crippen molar-refractivity contribution in [3.8, 4) is 0 Å². The third-order valence-electron chi connectivity index (χ3n) is 4.68. The molecule has 2 heterocycles. The number of aliphatic carboxylic acids is 1. The Kier molecular flexibility index (Phi) is 5.28. The van der Waals surface area contributed by atoms with E-state index >= 15 is 0 Å². The van der Waals surface area contributed by atoms with Crippen LogP contribution >= 0.6 is 0 Å². The fourth-order valence-corrected chi connectivity index (χ4v) is 3.08. The van der Waals surface area contributed by atoms with E-state index in [1.165, 1.54) is 0 Å². The predicted molar refractivity (Wildman–Crippen MR) is 90.4 cm³/mol. The average molecular weight is 366 g/mol. The highest BCUT2D eigenvalue weighted by Gasteiger charge is 2.48. The minimum absolute atomic E-state index is 0.136. The number of H-pyrrole nitrogens is 1. The molecule has 1 aromatic heterocycles. The molecule has 26 heavy (non-hydrogen) atoms. The lowest BCUT2D eigenvalue weighted by Crippen LogP contribution is -2.65. The normalized spacial score (nSPS) is 30.4. The van der Waals surface area contributed by atoms with Crippen LogP contribution in [0.2, 0.25) is 0 Å². The number of hydrogen-bond acceptors (Lipinski definition) is 7. The fourth-order valence-electron chi connectivity index (χ4n) is 3.08. The quantitative estimate of drug-likeness (QED) is 0.328. The lowest BCUT2D eigenvalue weighted by atomic mass is 9.96. The molecule has 9 heteroatoms. The average Bonchev–Trinajstić information content (AvgIpc) is 3.03. The maximum atomic E-state index is 11.6. The van der Waals surface area contributed by atoms with Crippen LogP contribution in [0.4, 0.5) is 0 Å². The number of rotatable bonds is 6. The molecule has 1 aromatic carbocycles. The molecule has 0 saturated carbocycles. The maximum Gasteiger partial charge on any atom is 0.321 e. The molecule has 0 radical (unpaired) electrons. The first kappa shape index (κ1) is 18.8. The summed E-state index contributed by atoms with van der Waals surface area (Å²) in [5, 5.41) is 52.5. The number of fused-ring (bicyclic) bond motifs is 1. The van der Waals surface area contributed by atoms with Crippen LogP contribution in [0.3, 0.4) is 0 Å². The third-order valence-corrected chi connectivity index (χ3v) is 4.68. The predicted octanol–water partition coefficient (Wildman–Crippen LogP) is -1.45. The molecule has 0 aliphatic carbocycles. The van der Waals surface area contributed by atoms with Crippen molar-refractivity contribution in [2.75, 3.05) is 13.2 Å². The molecule has 142 valence electrons. The third kappa shape index (κ3) is 3.58. The van der Waals surface area contributed by atoms with Gasteiger partial charge in [0.25, 0.3) is 0 Å². The second-order valence-corrected chi connectivity index (χ2v) is 6.49. The van der Waals surface area contributed by atoms with Gasteiger partial charge in [-0.3, -0.25) is 10.1 Å². The van der Waals surface area contributed by atoms with Crippen molar-refractivity contribution in [2.24, 2.45) is 0 Å². The molecule has 5 atom stereocenters. The lowest BCUT2D eigenvalue weighted by Gasteiger charge is -2.42. The summed E-state index contributed by atoms with van der Waals surface area (Å²) in [4.78, 5) is 14.7. The van der Waals surface area contributed by atoms with E-state index in [-0.39, 0.29) is 13.0 Å². The number of aliphatic hydroxyl groups excluding tert-OH is 3. The number of nitrogens with one attached hydrogen (secondary N) is 2. The number of carboxylic acids is 1. The topological polar surface area (TPSA) is 155 Å². The summed E-state index contributed by atoms with van der Waals surface area (Å²) in [5.74, 6) is -3.34. The van der Waals surface area contributed by atoms with Crippen LogP contribution in [0.15, 0.2) is 30.5 Å². The van der Waals surface area contributed by atoms with Gasteiger partial charge in [-0.2, -0.15) is 0 Å². The zero-order valence-corrected chi connectivity index (χ0v) is 13.9.